The summed E-state index contributed by atoms with van der Waals surface area (Å²) in [5.74, 6) is 0.115. The molecule has 0 radical (unpaired) electrons. The quantitative estimate of drug-likeness (QED) is 0.0382. The number of allylic oxidation sites excluding steroid dienone is 4. The van der Waals surface area contributed by atoms with Gasteiger partial charge in [0.2, 0.25) is 0 Å². The van der Waals surface area contributed by atoms with E-state index in [1.54, 1.807) is 0 Å². The lowest BCUT2D eigenvalue weighted by molar-refractivity contribution is -0.147. The Morgan fingerprint density at radius 1 is 0.538 bits per heavy atom. The van der Waals surface area contributed by atoms with E-state index in [0.717, 1.165) is 57.9 Å². The molecular formula is C44H82N2O5S. The molecule has 0 aromatic rings. The van der Waals surface area contributed by atoms with Crippen LogP contribution in [0.3, 0.4) is 0 Å². The average Bonchev–Trinajstić information content (AvgIpc) is 3.12. The van der Waals surface area contributed by atoms with Gasteiger partial charge in [-0.25, -0.2) is 0 Å². The Labute approximate surface area is 325 Å². The lowest BCUT2D eigenvalue weighted by Gasteiger charge is -2.19. The second-order valence-corrected chi connectivity index (χ2v) is 15.9. The summed E-state index contributed by atoms with van der Waals surface area (Å²) in [5, 5.41) is 2.68. The van der Waals surface area contributed by atoms with Crippen molar-refractivity contribution in [3.05, 3.63) is 24.3 Å². The van der Waals surface area contributed by atoms with E-state index >= 15 is 0 Å². The number of rotatable bonds is 38. The normalized spacial score (nSPS) is 11.7. The first-order valence-corrected chi connectivity index (χ1v) is 22.6. The Bertz CT molecular complexity index is 823. The molecular weight excluding hydrogens is 669 g/mol. The first-order valence-electron chi connectivity index (χ1n) is 21.6. The van der Waals surface area contributed by atoms with Crippen molar-refractivity contribution >= 4 is 28.9 Å². The molecule has 0 bridgehead atoms. The third kappa shape index (κ3) is 39.4. The Morgan fingerprint density at radius 2 is 0.885 bits per heavy atom. The summed E-state index contributed by atoms with van der Waals surface area (Å²) in [7, 11) is 3.93. The van der Waals surface area contributed by atoms with E-state index in [1.807, 2.05) is 19.0 Å². The van der Waals surface area contributed by atoms with Gasteiger partial charge >= 0.3 is 11.9 Å². The van der Waals surface area contributed by atoms with Crippen molar-refractivity contribution in [1.82, 2.24) is 10.2 Å². The highest BCUT2D eigenvalue weighted by Crippen LogP contribution is 2.13. The van der Waals surface area contributed by atoms with E-state index in [4.69, 9.17) is 9.47 Å². The molecule has 0 aliphatic rings. The van der Waals surface area contributed by atoms with E-state index in [9.17, 15) is 14.4 Å². The number of nitrogens with one attached hydrogen (secondary N) is 1. The largest absolute Gasteiger partial charge is 0.463 e. The smallest absolute Gasteiger partial charge is 0.305 e. The first-order chi connectivity index (χ1) is 25.4. The second-order valence-electron chi connectivity index (χ2n) is 14.8. The number of amides is 1. The summed E-state index contributed by atoms with van der Waals surface area (Å²) in [5.41, 5.74) is 0. The molecule has 0 spiro atoms. The average molecular weight is 751 g/mol. The molecule has 8 heteroatoms. The highest BCUT2D eigenvalue weighted by molar-refractivity contribution is 8.13. The standard InChI is InChI=1S/C44H82N2O5S/c1-5-7-9-11-13-15-17-19-21-23-25-27-29-31-33-35-42(47)50-39-41(45-44(49)52-38-37-46(3)4)40-51-43(48)36-34-32-30-28-26-24-22-20-18-16-14-12-10-8-6-2/h19-22,41H,5-18,23-40H2,1-4H3,(H,45,49)/b21-19-,22-20-. The van der Waals surface area contributed by atoms with Crippen LogP contribution in [0.1, 0.15) is 194 Å². The van der Waals surface area contributed by atoms with Gasteiger partial charge in [-0.05, 0) is 78.3 Å². The minimum Gasteiger partial charge on any atom is -0.463 e. The van der Waals surface area contributed by atoms with Gasteiger partial charge in [-0.3, -0.25) is 14.4 Å². The van der Waals surface area contributed by atoms with Crippen molar-refractivity contribution in [3.8, 4) is 0 Å². The molecule has 0 fully saturated rings. The predicted octanol–water partition coefficient (Wildman–Crippen LogP) is 12.5. The summed E-state index contributed by atoms with van der Waals surface area (Å²) in [6, 6.07) is -0.560. The lowest BCUT2D eigenvalue weighted by atomic mass is 10.1. The number of carbonyl (C=O) groups is 3. The number of ether oxygens (including phenoxy) is 2. The zero-order valence-corrected chi connectivity index (χ0v) is 35.2. The Kier molecular flexibility index (Phi) is 39.0. The minimum absolute atomic E-state index is 0.00454. The van der Waals surface area contributed by atoms with Crippen LogP contribution >= 0.6 is 11.8 Å². The van der Waals surface area contributed by atoms with Crippen molar-refractivity contribution in [3.63, 3.8) is 0 Å². The van der Waals surface area contributed by atoms with Gasteiger partial charge in [0, 0.05) is 25.1 Å². The number of nitrogens with zero attached hydrogens (tertiary/aromatic N) is 1. The zero-order chi connectivity index (χ0) is 38.2. The van der Waals surface area contributed by atoms with Crippen LogP contribution in [0.15, 0.2) is 24.3 Å². The van der Waals surface area contributed by atoms with Crippen molar-refractivity contribution < 1.29 is 23.9 Å². The molecule has 0 rings (SSSR count). The van der Waals surface area contributed by atoms with Gasteiger partial charge in [0.05, 0.1) is 6.04 Å². The topological polar surface area (TPSA) is 84.9 Å². The predicted molar refractivity (Wildman–Crippen MR) is 224 cm³/mol. The van der Waals surface area contributed by atoms with Gasteiger partial charge in [0.15, 0.2) is 0 Å². The molecule has 0 aromatic carbocycles. The highest BCUT2D eigenvalue weighted by atomic mass is 32.2. The fourth-order valence-corrected chi connectivity index (χ4v) is 6.76. The van der Waals surface area contributed by atoms with Gasteiger partial charge < -0.3 is 19.7 Å². The summed E-state index contributed by atoms with van der Waals surface area (Å²) >= 11 is 1.19. The molecule has 0 unspecified atom stereocenters. The summed E-state index contributed by atoms with van der Waals surface area (Å²) in [4.78, 5) is 39.5. The first kappa shape index (κ1) is 50.2. The number of thioether (sulfide) groups is 1. The monoisotopic (exact) mass is 751 g/mol. The molecule has 1 N–H and O–H groups in total. The fraction of sp³-hybridized carbons (Fsp3) is 0.841. The van der Waals surface area contributed by atoms with Crippen LogP contribution in [0.25, 0.3) is 0 Å². The van der Waals surface area contributed by atoms with Crippen molar-refractivity contribution in [1.29, 1.82) is 0 Å². The number of carbonyl (C=O) groups excluding carboxylic acids is 3. The maximum Gasteiger partial charge on any atom is 0.305 e. The third-order valence-electron chi connectivity index (χ3n) is 9.27. The molecule has 0 aliphatic heterocycles. The molecule has 0 saturated carbocycles. The van der Waals surface area contributed by atoms with Gasteiger partial charge in [0.25, 0.3) is 5.24 Å². The molecule has 0 saturated heterocycles. The Hall–Kier alpha value is -1.80. The molecule has 52 heavy (non-hydrogen) atoms. The van der Waals surface area contributed by atoms with Crippen LogP contribution in [0, 0.1) is 0 Å². The van der Waals surface area contributed by atoms with Crippen molar-refractivity contribution in [2.75, 3.05) is 39.6 Å². The molecule has 0 heterocycles. The van der Waals surface area contributed by atoms with Crippen LogP contribution < -0.4 is 5.32 Å². The van der Waals surface area contributed by atoms with E-state index < -0.39 is 6.04 Å². The number of hydrogen-bond acceptors (Lipinski definition) is 7. The number of unbranched alkanes of at least 4 members (excludes halogenated alkanes) is 22. The van der Waals surface area contributed by atoms with Gasteiger partial charge in [-0.2, -0.15) is 0 Å². The molecule has 7 nitrogen and oxygen atoms in total. The van der Waals surface area contributed by atoms with E-state index in [0.29, 0.717) is 18.6 Å². The summed E-state index contributed by atoms with van der Waals surface area (Å²) in [6.07, 6.45) is 41.5. The van der Waals surface area contributed by atoms with Gasteiger partial charge in [-0.15, -0.1) is 0 Å². The van der Waals surface area contributed by atoms with Crippen LogP contribution in [0.5, 0.6) is 0 Å². The number of hydrogen-bond donors (Lipinski definition) is 1. The highest BCUT2D eigenvalue weighted by Gasteiger charge is 2.18. The van der Waals surface area contributed by atoms with Gasteiger partial charge in [-0.1, -0.05) is 153 Å². The minimum atomic E-state index is -0.560. The van der Waals surface area contributed by atoms with Crippen molar-refractivity contribution in [2.45, 2.75) is 200 Å². The maximum absolute atomic E-state index is 12.5. The fourth-order valence-electron chi connectivity index (χ4n) is 5.87. The summed E-state index contributed by atoms with van der Waals surface area (Å²) in [6.45, 7) is 5.30. The SMILES string of the molecule is CCCCCCCC/C=C\CCCCCCCC(=O)OCC(COC(=O)CCCCCCC/C=C\CCCCCCCC)NC(=O)SCCN(C)C. The zero-order valence-electron chi connectivity index (χ0n) is 34.4. The van der Waals surface area contributed by atoms with Crippen LogP contribution in [0.2, 0.25) is 0 Å². The van der Waals surface area contributed by atoms with E-state index in [1.165, 1.54) is 127 Å². The van der Waals surface area contributed by atoms with Crippen LogP contribution in [-0.4, -0.2) is 67.7 Å². The molecule has 0 atom stereocenters. The Balaban J connectivity index is 4.15. The molecule has 0 aliphatic carbocycles. The van der Waals surface area contributed by atoms with Crippen LogP contribution in [0.4, 0.5) is 4.79 Å². The summed E-state index contributed by atoms with van der Waals surface area (Å²) < 4.78 is 11.0. The molecule has 0 aromatic heterocycles. The van der Waals surface area contributed by atoms with Crippen molar-refractivity contribution in [2.24, 2.45) is 0 Å². The van der Waals surface area contributed by atoms with E-state index in [2.05, 4.69) is 43.5 Å². The Morgan fingerprint density at radius 3 is 1.25 bits per heavy atom. The lowest BCUT2D eigenvalue weighted by Crippen LogP contribution is -2.41. The van der Waals surface area contributed by atoms with Gasteiger partial charge in [0.1, 0.15) is 13.2 Å². The van der Waals surface area contributed by atoms with E-state index in [-0.39, 0.29) is 30.4 Å². The molecule has 304 valence electrons. The second kappa shape index (κ2) is 40.4. The molecule has 1 amide bonds. The third-order valence-corrected chi connectivity index (χ3v) is 10.0. The van der Waals surface area contributed by atoms with Crippen LogP contribution in [-0.2, 0) is 19.1 Å². The maximum atomic E-state index is 12.5. The number of esters is 2.